The van der Waals surface area contributed by atoms with Gasteiger partial charge in [0, 0.05) is 0 Å². The number of rotatable bonds is 3. The Labute approximate surface area is 112 Å². The molecule has 1 aromatic heterocycles. The van der Waals surface area contributed by atoms with Crippen molar-refractivity contribution in [3.05, 3.63) is 14.9 Å². The van der Waals surface area contributed by atoms with E-state index in [1.54, 1.807) is 13.8 Å². The fraction of sp³-hybridized carbons (Fsp3) is 0.333. The summed E-state index contributed by atoms with van der Waals surface area (Å²) in [5, 5.41) is 0.365. The third kappa shape index (κ3) is 3.22. The molecule has 0 bridgehead atoms. The van der Waals surface area contributed by atoms with Crippen LogP contribution in [0.25, 0.3) is 0 Å². The zero-order chi connectivity index (χ0) is 12.6. The molecule has 1 heterocycles. The summed E-state index contributed by atoms with van der Waals surface area (Å²) >= 11 is 9.97. The van der Waals surface area contributed by atoms with Crippen molar-refractivity contribution in [1.29, 1.82) is 0 Å². The normalized spacial score (nSPS) is 12.4. The molecule has 3 nitrogen and oxygen atoms in total. The largest absolute Gasteiger partial charge is 0.251 e. The van der Waals surface area contributed by atoms with Crippen LogP contribution in [0.2, 0.25) is 5.02 Å². The number of thiophene rings is 1. The lowest BCUT2D eigenvalue weighted by Crippen LogP contribution is -2.41. The van der Waals surface area contributed by atoms with Gasteiger partial charge in [0.05, 0.1) is 14.3 Å². The maximum absolute atomic E-state index is 11.9. The zero-order valence-electron chi connectivity index (χ0n) is 8.54. The predicted molar refractivity (Wildman–Crippen MR) is 70.3 cm³/mol. The van der Waals surface area contributed by atoms with Gasteiger partial charge in [-0.05, 0) is 35.8 Å². The molecular weight excluding hydrogens is 334 g/mol. The third-order valence-electron chi connectivity index (χ3n) is 1.64. The molecule has 1 N–H and O–H groups in total. The third-order valence-corrected chi connectivity index (χ3v) is 6.24. The van der Waals surface area contributed by atoms with Crippen LogP contribution < -0.4 is 4.72 Å². The second-order valence-electron chi connectivity index (χ2n) is 3.56. The first kappa shape index (κ1) is 14.0. The molecule has 1 rings (SSSR count). The SMILES string of the molecule is C#CC(C)(C)NS(=O)(=O)c1cc(Cl)c(Br)s1. The minimum absolute atomic E-state index is 0.132. The molecule has 1 aromatic rings. The van der Waals surface area contributed by atoms with Gasteiger partial charge >= 0.3 is 0 Å². The lowest BCUT2D eigenvalue weighted by Gasteiger charge is -2.18. The van der Waals surface area contributed by atoms with Crippen molar-refractivity contribution in [2.75, 3.05) is 0 Å². The second kappa shape index (κ2) is 4.67. The summed E-state index contributed by atoms with van der Waals surface area (Å²) in [5.74, 6) is 2.36. The van der Waals surface area contributed by atoms with E-state index < -0.39 is 15.6 Å². The van der Waals surface area contributed by atoms with Crippen molar-refractivity contribution in [3.63, 3.8) is 0 Å². The van der Waals surface area contributed by atoms with E-state index in [9.17, 15) is 8.42 Å². The molecule has 0 fully saturated rings. The monoisotopic (exact) mass is 341 g/mol. The van der Waals surface area contributed by atoms with Crippen LogP contribution in [-0.4, -0.2) is 14.0 Å². The number of halogens is 2. The lowest BCUT2D eigenvalue weighted by molar-refractivity contribution is 0.541. The average Bonchev–Trinajstić information content (AvgIpc) is 2.46. The molecule has 0 unspecified atom stereocenters. The Morgan fingerprint density at radius 1 is 1.62 bits per heavy atom. The Balaban J connectivity index is 3.10. The maximum Gasteiger partial charge on any atom is 0.251 e. The molecule has 7 heteroatoms. The predicted octanol–water partition coefficient (Wildman–Crippen LogP) is 2.85. The van der Waals surface area contributed by atoms with Crippen LogP contribution in [0, 0.1) is 12.3 Å². The Morgan fingerprint density at radius 2 is 2.19 bits per heavy atom. The van der Waals surface area contributed by atoms with Crippen LogP contribution >= 0.6 is 38.9 Å². The van der Waals surface area contributed by atoms with E-state index in [1.807, 2.05) is 0 Å². The molecule has 0 saturated carbocycles. The highest BCUT2D eigenvalue weighted by Crippen LogP contribution is 2.34. The van der Waals surface area contributed by atoms with Gasteiger partial charge in [0.2, 0.25) is 0 Å². The van der Waals surface area contributed by atoms with Gasteiger partial charge in [0.15, 0.2) is 0 Å². The lowest BCUT2D eigenvalue weighted by atomic mass is 10.1. The molecular formula is C9H9BrClNO2S2. The second-order valence-corrected chi connectivity index (χ2v) is 8.25. The molecule has 0 aromatic carbocycles. The van der Waals surface area contributed by atoms with Crippen LogP contribution in [0.1, 0.15) is 13.8 Å². The van der Waals surface area contributed by atoms with Gasteiger partial charge in [0.1, 0.15) is 4.21 Å². The number of hydrogen-bond donors (Lipinski definition) is 1. The summed E-state index contributed by atoms with van der Waals surface area (Å²) in [5.41, 5.74) is -0.929. The Morgan fingerprint density at radius 3 is 2.56 bits per heavy atom. The summed E-state index contributed by atoms with van der Waals surface area (Å²) in [7, 11) is -3.62. The zero-order valence-corrected chi connectivity index (χ0v) is 12.5. The Bertz CT molecular complexity index is 523. The van der Waals surface area contributed by atoms with Crippen molar-refractivity contribution >= 4 is 48.9 Å². The van der Waals surface area contributed by atoms with Gasteiger partial charge in [-0.1, -0.05) is 17.5 Å². The molecule has 0 radical (unpaired) electrons. The smallest absolute Gasteiger partial charge is 0.206 e. The summed E-state index contributed by atoms with van der Waals surface area (Å²) < 4.78 is 26.9. The molecule has 0 saturated heterocycles. The average molecular weight is 343 g/mol. The molecule has 0 aliphatic rings. The van der Waals surface area contributed by atoms with Gasteiger partial charge < -0.3 is 0 Å². The minimum Gasteiger partial charge on any atom is -0.206 e. The number of terminal acetylenes is 1. The summed E-state index contributed by atoms with van der Waals surface area (Å²) in [6.07, 6.45) is 5.22. The van der Waals surface area contributed by atoms with Crippen LogP contribution in [-0.2, 0) is 10.0 Å². The van der Waals surface area contributed by atoms with Crippen molar-refractivity contribution in [3.8, 4) is 12.3 Å². The molecule has 0 spiro atoms. The highest BCUT2D eigenvalue weighted by atomic mass is 79.9. The molecule has 88 valence electrons. The first-order chi connectivity index (χ1) is 7.18. The van der Waals surface area contributed by atoms with Crippen molar-refractivity contribution < 1.29 is 8.42 Å². The first-order valence-corrected chi connectivity index (χ1v) is 7.61. The van der Waals surface area contributed by atoms with E-state index in [0.717, 1.165) is 11.3 Å². The van der Waals surface area contributed by atoms with E-state index in [0.29, 0.717) is 8.81 Å². The fourth-order valence-electron chi connectivity index (χ4n) is 0.875. The quantitative estimate of drug-likeness (QED) is 0.859. The highest BCUT2D eigenvalue weighted by molar-refractivity contribution is 9.11. The topological polar surface area (TPSA) is 46.2 Å². The van der Waals surface area contributed by atoms with Gasteiger partial charge in [-0.2, -0.15) is 4.72 Å². The van der Waals surface area contributed by atoms with Crippen molar-refractivity contribution in [2.45, 2.75) is 23.6 Å². The van der Waals surface area contributed by atoms with Crippen LogP contribution in [0.3, 0.4) is 0 Å². The first-order valence-electron chi connectivity index (χ1n) is 4.14. The molecule has 0 amide bonds. The van der Waals surface area contributed by atoms with Crippen LogP contribution in [0.15, 0.2) is 14.1 Å². The molecule has 0 aliphatic heterocycles. The van der Waals surface area contributed by atoms with E-state index in [4.69, 9.17) is 18.0 Å². The molecule has 0 aliphatic carbocycles. The summed E-state index contributed by atoms with van der Waals surface area (Å²) in [6.45, 7) is 3.21. The van der Waals surface area contributed by atoms with Crippen molar-refractivity contribution in [1.82, 2.24) is 4.72 Å². The van der Waals surface area contributed by atoms with Gasteiger partial charge in [0.25, 0.3) is 10.0 Å². The molecule has 0 atom stereocenters. The van der Waals surface area contributed by atoms with Gasteiger partial charge in [-0.25, -0.2) is 8.42 Å². The van der Waals surface area contributed by atoms with Gasteiger partial charge in [-0.3, -0.25) is 0 Å². The van der Waals surface area contributed by atoms with Crippen LogP contribution in [0.5, 0.6) is 0 Å². The van der Waals surface area contributed by atoms with E-state index in [2.05, 4.69) is 26.6 Å². The Hall–Kier alpha value is -0.0600. The summed E-state index contributed by atoms with van der Waals surface area (Å²) in [4.78, 5) is 0. The number of hydrogen-bond acceptors (Lipinski definition) is 3. The maximum atomic E-state index is 11.9. The van der Waals surface area contributed by atoms with Crippen LogP contribution in [0.4, 0.5) is 0 Å². The van der Waals surface area contributed by atoms with E-state index in [-0.39, 0.29) is 4.21 Å². The number of sulfonamides is 1. The minimum atomic E-state index is -3.62. The van der Waals surface area contributed by atoms with Crippen molar-refractivity contribution in [2.24, 2.45) is 0 Å². The van der Waals surface area contributed by atoms with E-state index >= 15 is 0 Å². The standard InChI is InChI=1S/C9H9BrClNO2S2/c1-4-9(2,3)12-16(13,14)7-5-6(11)8(10)15-7/h1,5,12H,2-3H3. The Kier molecular flexibility index (Phi) is 4.08. The fourth-order valence-corrected chi connectivity index (χ4v) is 4.62. The van der Waals surface area contributed by atoms with Gasteiger partial charge in [-0.15, -0.1) is 17.8 Å². The highest BCUT2D eigenvalue weighted by Gasteiger charge is 2.26. The molecule has 16 heavy (non-hydrogen) atoms. The van der Waals surface area contributed by atoms with E-state index in [1.165, 1.54) is 6.07 Å². The summed E-state index contributed by atoms with van der Waals surface area (Å²) in [6, 6.07) is 1.38. The number of nitrogens with one attached hydrogen (secondary N) is 1.